The molecule has 1 aliphatic heterocycles. The van der Waals surface area contributed by atoms with Crippen LogP contribution < -0.4 is 10.6 Å². The fourth-order valence-electron chi connectivity index (χ4n) is 2.33. The molecule has 1 aromatic carbocycles. The van der Waals surface area contributed by atoms with Crippen molar-refractivity contribution in [2.75, 3.05) is 26.7 Å². The van der Waals surface area contributed by atoms with Gasteiger partial charge >= 0.3 is 0 Å². The monoisotopic (exact) mass is 247 g/mol. The Kier molecular flexibility index (Phi) is 4.33. The molecule has 1 aromatic rings. The molecular weight excluding hydrogens is 226 g/mol. The maximum atomic E-state index is 11.6. The van der Waals surface area contributed by atoms with Crippen molar-refractivity contribution in [3.8, 4) is 0 Å². The molecule has 0 radical (unpaired) electrons. The Balaban J connectivity index is 1.95. The van der Waals surface area contributed by atoms with Crippen molar-refractivity contribution in [1.29, 1.82) is 0 Å². The predicted molar refractivity (Wildman–Crippen MR) is 72.3 cm³/mol. The van der Waals surface area contributed by atoms with Crippen LogP contribution in [0.1, 0.15) is 11.1 Å². The first-order chi connectivity index (χ1) is 8.67. The smallest absolute Gasteiger partial charge is 0.234 e. The van der Waals surface area contributed by atoms with Crippen LogP contribution in [0.2, 0.25) is 0 Å². The van der Waals surface area contributed by atoms with E-state index in [0.29, 0.717) is 6.54 Å². The van der Waals surface area contributed by atoms with Crippen molar-refractivity contribution in [3.05, 3.63) is 35.4 Å². The average molecular weight is 247 g/mol. The number of nitrogens with one attached hydrogen (secondary N) is 2. The van der Waals surface area contributed by atoms with Gasteiger partial charge in [-0.05, 0) is 19.5 Å². The molecule has 1 fully saturated rings. The number of likely N-dealkylation sites (N-methyl/N-ethyl adjacent to an activating group) is 1. The lowest BCUT2D eigenvalue weighted by Crippen LogP contribution is -2.56. The van der Waals surface area contributed by atoms with Crippen LogP contribution in [-0.2, 0) is 11.3 Å². The number of nitrogens with zero attached hydrogens (tertiary/aromatic N) is 1. The Morgan fingerprint density at radius 1 is 1.39 bits per heavy atom. The molecule has 18 heavy (non-hydrogen) atoms. The minimum atomic E-state index is 0.119. The van der Waals surface area contributed by atoms with Crippen LogP contribution in [0.5, 0.6) is 0 Å². The maximum Gasteiger partial charge on any atom is 0.234 e. The highest BCUT2D eigenvalue weighted by atomic mass is 16.2. The highest BCUT2D eigenvalue weighted by molar-refractivity contribution is 5.79. The van der Waals surface area contributed by atoms with E-state index in [0.717, 1.165) is 19.6 Å². The predicted octanol–water partition coefficient (Wildman–Crippen LogP) is 0.515. The highest BCUT2D eigenvalue weighted by Gasteiger charge is 2.23. The van der Waals surface area contributed by atoms with Gasteiger partial charge in [-0.2, -0.15) is 0 Å². The molecule has 1 atom stereocenters. The van der Waals surface area contributed by atoms with Gasteiger partial charge in [-0.3, -0.25) is 9.69 Å². The fraction of sp³-hybridized carbons (Fsp3) is 0.500. The molecule has 4 heteroatoms. The van der Waals surface area contributed by atoms with Crippen molar-refractivity contribution in [1.82, 2.24) is 15.5 Å². The number of hydrogen-bond donors (Lipinski definition) is 2. The van der Waals surface area contributed by atoms with E-state index >= 15 is 0 Å². The van der Waals surface area contributed by atoms with Gasteiger partial charge in [0.1, 0.15) is 0 Å². The van der Waals surface area contributed by atoms with Crippen LogP contribution in [-0.4, -0.2) is 43.5 Å². The van der Waals surface area contributed by atoms with Crippen molar-refractivity contribution < 1.29 is 4.79 Å². The Morgan fingerprint density at radius 3 is 2.78 bits per heavy atom. The van der Waals surface area contributed by atoms with Crippen LogP contribution in [0, 0.1) is 6.92 Å². The van der Waals surface area contributed by atoms with Crippen LogP contribution in [0.4, 0.5) is 0 Å². The molecule has 0 aliphatic carbocycles. The SMILES string of the molecule is CNCC1CN(Cc2ccc(C)cc2)CC(=O)N1. The summed E-state index contributed by atoms with van der Waals surface area (Å²) in [5, 5.41) is 6.11. The quantitative estimate of drug-likeness (QED) is 0.815. The molecule has 1 heterocycles. The average Bonchev–Trinajstić information content (AvgIpc) is 2.32. The number of aryl methyl sites for hydroxylation is 1. The summed E-state index contributed by atoms with van der Waals surface area (Å²) < 4.78 is 0. The Labute approximate surface area is 108 Å². The second-order valence-corrected chi connectivity index (χ2v) is 4.98. The Hall–Kier alpha value is -1.39. The molecule has 0 spiro atoms. The normalized spacial score (nSPS) is 20.8. The first-order valence-corrected chi connectivity index (χ1v) is 6.39. The lowest BCUT2D eigenvalue weighted by molar-refractivity contribution is -0.125. The van der Waals surface area contributed by atoms with Gasteiger partial charge in [0.25, 0.3) is 0 Å². The van der Waals surface area contributed by atoms with E-state index in [9.17, 15) is 4.79 Å². The molecule has 2 N–H and O–H groups in total. The molecule has 98 valence electrons. The summed E-state index contributed by atoms with van der Waals surface area (Å²) in [6, 6.07) is 8.71. The molecule has 1 unspecified atom stereocenters. The van der Waals surface area contributed by atoms with E-state index in [1.165, 1.54) is 11.1 Å². The molecule has 4 nitrogen and oxygen atoms in total. The topological polar surface area (TPSA) is 44.4 Å². The minimum Gasteiger partial charge on any atom is -0.350 e. The maximum absolute atomic E-state index is 11.6. The van der Waals surface area contributed by atoms with E-state index in [4.69, 9.17) is 0 Å². The summed E-state index contributed by atoms with van der Waals surface area (Å²) in [7, 11) is 1.91. The minimum absolute atomic E-state index is 0.119. The number of piperazine rings is 1. The van der Waals surface area contributed by atoms with Crippen molar-refractivity contribution in [2.24, 2.45) is 0 Å². The second kappa shape index (κ2) is 5.98. The third-order valence-corrected chi connectivity index (χ3v) is 3.19. The van der Waals surface area contributed by atoms with Gasteiger partial charge in [-0.1, -0.05) is 29.8 Å². The first-order valence-electron chi connectivity index (χ1n) is 6.39. The van der Waals surface area contributed by atoms with Crippen LogP contribution in [0.3, 0.4) is 0 Å². The highest BCUT2D eigenvalue weighted by Crippen LogP contribution is 2.09. The number of carbonyl (C=O) groups is 1. The van der Waals surface area contributed by atoms with Gasteiger partial charge in [0.05, 0.1) is 12.6 Å². The van der Waals surface area contributed by atoms with E-state index in [1.807, 2.05) is 7.05 Å². The lowest BCUT2D eigenvalue weighted by Gasteiger charge is -2.33. The van der Waals surface area contributed by atoms with Crippen molar-refractivity contribution in [2.45, 2.75) is 19.5 Å². The van der Waals surface area contributed by atoms with E-state index in [-0.39, 0.29) is 11.9 Å². The summed E-state index contributed by atoms with van der Waals surface area (Å²) in [6.45, 7) is 5.14. The van der Waals surface area contributed by atoms with Crippen LogP contribution in [0.15, 0.2) is 24.3 Å². The zero-order valence-corrected chi connectivity index (χ0v) is 11.1. The summed E-state index contributed by atoms with van der Waals surface area (Å²) in [5.74, 6) is 0.119. The molecule has 1 amide bonds. The standard InChI is InChI=1S/C14H21N3O/c1-11-3-5-12(6-4-11)8-17-9-13(7-15-2)16-14(18)10-17/h3-6,13,15H,7-10H2,1-2H3,(H,16,18). The molecule has 0 saturated carbocycles. The summed E-state index contributed by atoms with van der Waals surface area (Å²) in [4.78, 5) is 13.8. The number of amides is 1. The molecule has 0 aromatic heterocycles. The van der Waals surface area contributed by atoms with Gasteiger partial charge in [0, 0.05) is 19.6 Å². The van der Waals surface area contributed by atoms with Gasteiger partial charge < -0.3 is 10.6 Å². The summed E-state index contributed by atoms with van der Waals surface area (Å²) >= 11 is 0. The van der Waals surface area contributed by atoms with E-state index in [2.05, 4.69) is 46.7 Å². The number of rotatable bonds is 4. The molecule has 1 saturated heterocycles. The molecule has 1 aliphatic rings. The van der Waals surface area contributed by atoms with Crippen LogP contribution in [0.25, 0.3) is 0 Å². The molecular formula is C14H21N3O. The summed E-state index contributed by atoms with van der Waals surface area (Å²) in [6.07, 6.45) is 0. The van der Waals surface area contributed by atoms with Gasteiger partial charge in [-0.15, -0.1) is 0 Å². The van der Waals surface area contributed by atoms with E-state index < -0.39 is 0 Å². The number of carbonyl (C=O) groups excluding carboxylic acids is 1. The van der Waals surface area contributed by atoms with Gasteiger partial charge in [-0.25, -0.2) is 0 Å². The summed E-state index contributed by atoms with van der Waals surface area (Å²) in [5.41, 5.74) is 2.53. The Bertz CT molecular complexity index is 402. The lowest BCUT2D eigenvalue weighted by atomic mass is 10.1. The number of benzene rings is 1. The third-order valence-electron chi connectivity index (χ3n) is 3.19. The van der Waals surface area contributed by atoms with E-state index in [1.54, 1.807) is 0 Å². The first kappa shape index (κ1) is 13.1. The number of hydrogen-bond acceptors (Lipinski definition) is 3. The fourth-order valence-corrected chi connectivity index (χ4v) is 2.33. The zero-order chi connectivity index (χ0) is 13.0. The second-order valence-electron chi connectivity index (χ2n) is 4.98. The van der Waals surface area contributed by atoms with Crippen molar-refractivity contribution >= 4 is 5.91 Å². The zero-order valence-electron chi connectivity index (χ0n) is 11.1. The molecule has 0 bridgehead atoms. The van der Waals surface area contributed by atoms with Crippen molar-refractivity contribution in [3.63, 3.8) is 0 Å². The van der Waals surface area contributed by atoms with Crippen LogP contribution >= 0.6 is 0 Å². The largest absolute Gasteiger partial charge is 0.350 e. The van der Waals surface area contributed by atoms with Gasteiger partial charge in [0.2, 0.25) is 5.91 Å². The molecule has 2 rings (SSSR count). The third kappa shape index (κ3) is 3.55. The van der Waals surface area contributed by atoms with Gasteiger partial charge in [0.15, 0.2) is 0 Å². The Morgan fingerprint density at radius 2 is 2.11 bits per heavy atom.